The molecule has 0 saturated carbocycles. The molecular weight excluding hydrogens is 340 g/mol. The Morgan fingerprint density at radius 3 is 2.26 bits per heavy atom. The second-order valence-electron chi connectivity index (χ2n) is 6.27. The second-order valence-corrected chi connectivity index (χ2v) is 6.27. The molecule has 1 N–H and O–H groups in total. The predicted molar refractivity (Wildman–Crippen MR) is 106 cm³/mol. The summed E-state index contributed by atoms with van der Waals surface area (Å²) < 4.78 is 11.2. The number of amides is 1. The molecule has 0 aromatic heterocycles. The molecular formula is C22H24N2O3. The summed E-state index contributed by atoms with van der Waals surface area (Å²) in [6, 6.07) is 15.2. The molecule has 1 aliphatic rings. The molecule has 2 aromatic rings. The standard InChI is InChI=1S/C22H24N2O3/c25-18-23-21-8-4-19(5-9-21)2-3-20-6-10-22(11-7-20)27-15-1-12-24-13-16-26-17-14-24/h4-11,18H,1,12-17H2,(H,23,25). The number of nitrogens with one attached hydrogen (secondary N) is 1. The van der Waals surface area contributed by atoms with Crippen molar-refractivity contribution in [3.8, 4) is 17.6 Å². The van der Waals surface area contributed by atoms with E-state index in [0.29, 0.717) is 13.0 Å². The van der Waals surface area contributed by atoms with Crippen molar-refractivity contribution in [1.29, 1.82) is 0 Å². The van der Waals surface area contributed by atoms with Crippen LogP contribution in [-0.2, 0) is 9.53 Å². The third-order valence-corrected chi connectivity index (χ3v) is 4.31. The van der Waals surface area contributed by atoms with E-state index in [1.807, 2.05) is 48.5 Å². The van der Waals surface area contributed by atoms with Crippen LogP contribution in [0.15, 0.2) is 48.5 Å². The monoisotopic (exact) mass is 364 g/mol. The van der Waals surface area contributed by atoms with Gasteiger partial charge in [0, 0.05) is 36.4 Å². The molecule has 1 fully saturated rings. The first-order valence-corrected chi connectivity index (χ1v) is 9.19. The number of morpholine rings is 1. The number of carbonyl (C=O) groups is 1. The molecule has 27 heavy (non-hydrogen) atoms. The van der Waals surface area contributed by atoms with Crippen LogP contribution in [0.4, 0.5) is 5.69 Å². The SMILES string of the molecule is O=CNc1ccc(C#Cc2ccc(OCCCN3CCOCC3)cc2)cc1. The minimum Gasteiger partial charge on any atom is -0.494 e. The van der Waals surface area contributed by atoms with Gasteiger partial charge in [-0.2, -0.15) is 0 Å². The van der Waals surface area contributed by atoms with Gasteiger partial charge in [0.25, 0.3) is 0 Å². The highest BCUT2D eigenvalue weighted by atomic mass is 16.5. The Bertz CT molecular complexity index is 770. The summed E-state index contributed by atoms with van der Waals surface area (Å²) in [4.78, 5) is 12.8. The van der Waals surface area contributed by atoms with Gasteiger partial charge < -0.3 is 14.8 Å². The molecule has 5 nitrogen and oxygen atoms in total. The highest BCUT2D eigenvalue weighted by molar-refractivity contribution is 5.71. The van der Waals surface area contributed by atoms with Gasteiger partial charge in [-0.15, -0.1) is 0 Å². The highest BCUT2D eigenvalue weighted by Gasteiger charge is 2.09. The maximum atomic E-state index is 10.4. The lowest BCUT2D eigenvalue weighted by molar-refractivity contribution is -0.105. The second kappa shape index (κ2) is 10.4. The van der Waals surface area contributed by atoms with E-state index in [1.54, 1.807) is 0 Å². The van der Waals surface area contributed by atoms with Crippen molar-refractivity contribution < 1.29 is 14.3 Å². The van der Waals surface area contributed by atoms with Gasteiger partial charge in [0.05, 0.1) is 19.8 Å². The summed E-state index contributed by atoms with van der Waals surface area (Å²) in [5.41, 5.74) is 2.59. The topological polar surface area (TPSA) is 50.8 Å². The summed E-state index contributed by atoms with van der Waals surface area (Å²) in [6.45, 7) is 5.47. The van der Waals surface area contributed by atoms with E-state index in [4.69, 9.17) is 9.47 Å². The Morgan fingerprint density at radius 2 is 1.63 bits per heavy atom. The predicted octanol–water partition coefficient (Wildman–Crippen LogP) is 2.76. The van der Waals surface area contributed by atoms with E-state index in [2.05, 4.69) is 22.1 Å². The molecule has 1 heterocycles. The van der Waals surface area contributed by atoms with Crippen LogP contribution in [0, 0.1) is 11.8 Å². The Morgan fingerprint density at radius 1 is 1.00 bits per heavy atom. The molecule has 5 heteroatoms. The van der Waals surface area contributed by atoms with Crippen molar-refractivity contribution in [1.82, 2.24) is 4.90 Å². The summed E-state index contributed by atoms with van der Waals surface area (Å²) in [7, 11) is 0. The molecule has 0 atom stereocenters. The first kappa shape index (κ1) is 19.0. The first-order valence-electron chi connectivity index (χ1n) is 9.19. The van der Waals surface area contributed by atoms with E-state index < -0.39 is 0 Å². The minimum absolute atomic E-state index is 0.660. The van der Waals surface area contributed by atoms with E-state index in [-0.39, 0.29) is 0 Å². The lowest BCUT2D eigenvalue weighted by atomic mass is 10.1. The fourth-order valence-corrected chi connectivity index (χ4v) is 2.80. The van der Waals surface area contributed by atoms with Gasteiger partial charge in [0.15, 0.2) is 0 Å². The van der Waals surface area contributed by atoms with Crippen LogP contribution in [-0.4, -0.2) is 50.8 Å². The van der Waals surface area contributed by atoms with Gasteiger partial charge in [-0.05, 0) is 55.0 Å². The molecule has 0 radical (unpaired) electrons. The fraction of sp³-hybridized carbons (Fsp3) is 0.318. The lowest BCUT2D eigenvalue weighted by Crippen LogP contribution is -2.37. The average molecular weight is 364 g/mol. The van der Waals surface area contributed by atoms with E-state index in [1.165, 1.54) is 0 Å². The molecule has 140 valence electrons. The molecule has 0 aliphatic carbocycles. The van der Waals surface area contributed by atoms with Gasteiger partial charge in [-0.25, -0.2) is 0 Å². The average Bonchev–Trinajstić information content (AvgIpc) is 2.73. The smallest absolute Gasteiger partial charge is 0.211 e. The summed E-state index contributed by atoms with van der Waals surface area (Å²) in [5, 5.41) is 2.60. The zero-order chi connectivity index (χ0) is 18.7. The van der Waals surface area contributed by atoms with E-state index in [9.17, 15) is 4.79 Å². The Hall–Kier alpha value is -2.81. The number of benzene rings is 2. The molecule has 3 rings (SSSR count). The van der Waals surface area contributed by atoms with Crippen LogP contribution in [0.2, 0.25) is 0 Å². The Labute approximate surface area is 160 Å². The van der Waals surface area contributed by atoms with Gasteiger partial charge in [-0.3, -0.25) is 9.69 Å². The maximum Gasteiger partial charge on any atom is 0.211 e. The number of carbonyl (C=O) groups excluding carboxylic acids is 1. The van der Waals surface area contributed by atoms with Crippen LogP contribution in [0.5, 0.6) is 5.75 Å². The maximum absolute atomic E-state index is 10.4. The normalized spacial score (nSPS) is 14.1. The fourth-order valence-electron chi connectivity index (χ4n) is 2.80. The summed E-state index contributed by atoms with van der Waals surface area (Å²) >= 11 is 0. The van der Waals surface area contributed by atoms with Gasteiger partial charge in [-0.1, -0.05) is 11.8 Å². The van der Waals surface area contributed by atoms with Crippen molar-refractivity contribution in [2.75, 3.05) is 44.8 Å². The largest absolute Gasteiger partial charge is 0.494 e. The summed E-state index contributed by atoms with van der Waals surface area (Å²) in [6.07, 6.45) is 1.67. The van der Waals surface area contributed by atoms with Crippen LogP contribution < -0.4 is 10.1 Å². The van der Waals surface area contributed by atoms with Crippen molar-refractivity contribution in [3.63, 3.8) is 0 Å². The molecule has 1 aliphatic heterocycles. The Kier molecular flexibility index (Phi) is 7.28. The van der Waals surface area contributed by atoms with Crippen molar-refractivity contribution in [2.24, 2.45) is 0 Å². The third kappa shape index (κ3) is 6.45. The number of hydrogen-bond donors (Lipinski definition) is 1. The molecule has 0 bridgehead atoms. The van der Waals surface area contributed by atoms with Crippen molar-refractivity contribution in [3.05, 3.63) is 59.7 Å². The van der Waals surface area contributed by atoms with Crippen molar-refractivity contribution in [2.45, 2.75) is 6.42 Å². The van der Waals surface area contributed by atoms with Crippen LogP contribution in [0.3, 0.4) is 0 Å². The van der Waals surface area contributed by atoms with E-state index in [0.717, 1.165) is 61.8 Å². The molecule has 0 unspecified atom stereocenters. The molecule has 1 amide bonds. The Balaban J connectivity index is 1.43. The quantitative estimate of drug-likeness (QED) is 0.466. The van der Waals surface area contributed by atoms with Gasteiger partial charge >= 0.3 is 0 Å². The lowest BCUT2D eigenvalue weighted by Gasteiger charge is -2.26. The van der Waals surface area contributed by atoms with Gasteiger partial charge in [0.1, 0.15) is 5.75 Å². The number of ether oxygens (including phenoxy) is 2. The van der Waals surface area contributed by atoms with Gasteiger partial charge in [0.2, 0.25) is 6.41 Å². The molecule has 0 spiro atoms. The first-order chi connectivity index (χ1) is 13.3. The summed E-state index contributed by atoms with van der Waals surface area (Å²) in [5.74, 6) is 7.12. The van der Waals surface area contributed by atoms with Crippen LogP contribution in [0.1, 0.15) is 17.5 Å². The number of nitrogens with zero attached hydrogens (tertiary/aromatic N) is 1. The number of anilines is 1. The third-order valence-electron chi connectivity index (χ3n) is 4.31. The highest BCUT2D eigenvalue weighted by Crippen LogP contribution is 2.13. The molecule has 1 saturated heterocycles. The molecule has 2 aromatic carbocycles. The number of hydrogen-bond acceptors (Lipinski definition) is 4. The van der Waals surface area contributed by atoms with E-state index >= 15 is 0 Å². The number of rotatable bonds is 7. The zero-order valence-corrected chi connectivity index (χ0v) is 15.3. The van der Waals surface area contributed by atoms with Crippen LogP contribution >= 0.6 is 0 Å². The van der Waals surface area contributed by atoms with Crippen LogP contribution in [0.25, 0.3) is 0 Å². The zero-order valence-electron chi connectivity index (χ0n) is 15.3. The minimum atomic E-state index is 0.660. The van der Waals surface area contributed by atoms with Crippen molar-refractivity contribution >= 4 is 12.1 Å².